The molecular weight excluding hydrogens is 259 g/mol. The Bertz CT molecular complexity index is 529. The molecule has 0 atom stereocenters. The molecule has 2 rings (SSSR count). The maximum Gasteiger partial charge on any atom is 0.250 e. The van der Waals surface area contributed by atoms with Gasteiger partial charge in [-0.05, 0) is 18.7 Å². The molecule has 3 nitrogen and oxygen atoms in total. The zero-order valence-electron chi connectivity index (χ0n) is 7.87. The highest BCUT2D eigenvalue weighted by atomic mass is 32.2. The zero-order chi connectivity index (χ0) is 11.7. The first-order valence-electron chi connectivity index (χ1n) is 4.06. The number of aryl methyl sites for hydroxylation is 1. The van der Waals surface area contributed by atoms with Crippen molar-refractivity contribution in [3.8, 4) is 0 Å². The number of nitrogens with zero attached hydrogens (tertiary/aromatic N) is 3. The van der Waals surface area contributed by atoms with Crippen LogP contribution in [0.25, 0.3) is 0 Å². The summed E-state index contributed by atoms with van der Waals surface area (Å²) in [6.45, 7) is 1.73. The highest BCUT2D eigenvalue weighted by Crippen LogP contribution is 2.30. The van der Waals surface area contributed by atoms with Crippen molar-refractivity contribution < 1.29 is 13.2 Å². The molecule has 0 fully saturated rings. The fraction of sp³-hybridized carbons (Fsp3) is 0.125. The van der Waals surface area contributed by atoms with E-state index in [1.54, 1.807) is 6.92 Å². The summed E-state index contributed by atoms with van der Waals surface area (Å²) in [5.41, 5.74) is 0. The Morgan fingerprint density at radius 1 is 1.19 bits per heavy atom. The SMILES string of the molecule is Cc1nnc(Sc2nc(F)c(F)cc2F)s1. The van der Waals surface area contributed by atoms with Crippen molar-refractivity contribution >= 4 is 23.1 Å². The van der Waals surface area contributed by atoms with E-state index in [0.717, 1.165) is 11.8 Å². The molecular formula is C8H4F3N3S2. The van der Waals surface area contributed by atoms with Gasteiger partial charge in [-0.1, -0.05) is 11.3 Å². The molecule has 84 valence electrons. The van der Waals surface area contributed by atoms with E-state index in [9.17, 15) is 13.2 Å². The number of hydrogen-bond acceptors (Lipinski definition) is 5. The molecule has 2 aromatic heterocycles. The van der Waals surface area contributed by atoms with Crippen LogP contribution in [0.2, 0.25) is 0 Å². The van der Waals surface area contributed by atoms with E-state index in [1.807, 2.05) is 0 Å². The van der Waals surface area contributed by atoms with Crippen LogP contribution in [0.5, 0.6) is 0 Å². The van der Waals surface area contributed by atoms with E-state index in [0.29, 0.717) is 15.4 Å². The molecule has 0 aliphatic heterocycles. The number of pyridine rings is 1. The van der Waals surface area contributed by atoms with Crippen molar-refractivity contribution in [2.75, 3.05) is 0 Å². The van der Waals surface area contributed by atoms with Gasteiger partial charge in [0.2, 0.25) is 5.95 Å². The highest BCUT2D eigenvalue weighted by molar-refractivity contribution is 8.01. The predicted octanol–water partition coefficient (Wildman–Crippen LogP) is 2.81. The molecule has 8 heteroatoms. The van der Waals surface area contributed by atoms with Gasteiger partial charge in [0.1, 0.15) is 10.0 Å². The molecule has 0 bridgehead atoms. The van der Waals surface area contributed by atoms with E-state index in [4.69, 9.17) is 0 Å². The second kappa shape index (κ2) is 4.38. The first-order valence-corrected chi connectivity index (χ1v) is 5.69. The molecule has 0 aromatic carbocycles. The highest BCUT2D eigenvalue weighted by Gasteiger charge is 2.14. The summed E-state index contributed by atoms with van der Waals surface area (Å²) >= 11 is 2.03. The van der Waals surface area contributed by atoms with Gasteiger partial charge in [-0.2, -0.15) is 4.39 Å². The first kappa shape index (κ1) is 11.3. The summed E-state index contributed by atoms with van der Waals surface area (Å²) in [5.74, 6) is -3.56. The summed E-state index contributed by atoms with van der Waals surface area (Å²) in [6.07, 6.45) is 0. The molecule has 0 N–H and O–H groups in total. The maximum absolute atomic E-state index is 13.2. The van der Waals surface area contributed by atoms with Crippen molar-refractivity contribution in [3.63, 3.8) is 0 Å². The Kier molecular flexibility index (Phi) is 3.10. The summed E-state index contributed by atoms with van der Waals surface area (Å²) in [5, 5.41) is 7.87. The van der Waals surface area contributed by atoms with Crippen molar-refractivity contribution in [2.24, 2.45) is 0 Å². The summed E-state index contributed by atoms with van der Waals surface area (Å²) in [7, 11) is 0. The maximum atomic E-state index is 13.2. The van der Waals surface area contributed by atoms with Crippen LogP contribution in [0.15, 0.2) is 15.4 Å². The van der Waals surface area contributed by atoms with E-state index >= 15 is 0 Å². The minimum absolute atomic E-state index is 0.255. The minimum atomic E-state index is -1.33. The van der Waals surface area contributed by atoms with Gasteiger partial charge in [0.05, 0.1) is 0 Å². The van der Waals surface area contributed by atoms with E-state index in [1.165, 1.54) is 11.3 Å². The van der Waals surface area contributed by atoms with Gasteiger partial charge in [0.15, 0.2) is 16.0 Å². The average molecular weight is 263 g/mol. The van der Waals surface area contributed by atoms with Crippen molar-refractivity contribution in [1.29, 1.82) is 0 Å². The van der Waals surface area contributed by atoms with Crippen molar-refractivity contribution in [2.45, 2.75) is 16.3 Å². The molecule has 0 aliphatic rings. The van der Waals surface area contributed by atoms with Crippen LogP contribution in [-0.2, 0) is 0 Å². The van der Waals surface area contributed by atoms with Crippen LogP contribution in [-0.4, -0.2) is 15.2 Å². The van der Waals surface area contributed by atoms with Crippen LogP contribution in [0, 0.1) is 24.5 Å². The Morgan fingerprint density at radius 3 is 2.56 bits per heavy atom. The number of hydrogen-bond donors (Lipinski definition) is 0. The van der Waals surface area contributed by atoms with Crippen LogP contribution in [0.1, 0.15) is 5.01 Å². The summed E-state index contributed by atoms with van der Waals surface area (Å²) in [6, 6.07) is 0.457. The van der Waals surface area contributed by atoms with Gasteiger partial charge < -0.3 is 0 Å². The minimum Gasteiger partial charge on any atom is -0.207 e. The lowest BCUT2D eigenvalue weighted by Gasteiger charge is -1.99. The molecule has 0 radical (unpaired) electrons. The molecule has 0 unspecified atom stereocenters. The fourth-order valence-electron chi connectivity index (χ4n) is 0.902. The van der Waals surface area contributed by atoms with Crippen LogP contribution < -0.4 is 0 Å². The van der Waals surface area contributed by atoms with Gasteiger partial charge >= 0.3 is 0 Å². The van der Waals surface area contributed by atoms with Crippen LogP contribution >= 0.6 is 23.1 Å². The smallest absolute Gasteiger partial charge is 0.207 e. The first-order chi connectivity index (χ1) is 7.56. The normalized spacial score (nSPS) is 10.8. The molecule has 2 heterocycles. The van der Waals surface area contributed by atoms with E-state index in [2.05, 4.69) is 15.2 Å². The lowest BCUT2D eigenvalue weighted by Crippen LogP contribution is -1.95. The molecule has 0 saturated carbocycles. The molecule has 0 spiro atoms. The summed E-state index contributed by atoms with van der Waals surface area (Å²) in [4.78, 5) is 3.16. The second-order valence-electron chi connectivity index (χ2n) is 2.74. The molecule has 2 aromatic rings. The second-order valence-corrected chi connectivity index (χ2v) is 5.15. The topological polar surface area (TPSA) is 38.7 Å². The Hall–Kier alpha value is -1.15. The zero-order valence-corrected chi connectivity index (χ0v) is 9.50. The lowest BCUT2D eigenvalue weighted by molar-refractivity contribution is 0.448. The third-order valence-electron chi connectivity index (χ3n) is 1.55. The Labute approximate surface area is 96.7 Å². The number of halogens is 3. The van der Waals surface area contributed by atoms with Crippen molar-refractivity contribution in [3.05, 3.63) is 28.7 Å². The molecule has 0 aliphatic carbocycles. The Morgan fingerprint density at radius 2 is 1.94 bits per heavy atom. The molecule has 0 amide bonds. The monoisotopic (exact) mass is 263 g/mol. The largest absolute Gasteiger partial charge is 0.250 e. The Balaban J connectivity index is 2.31. The predicted molar refractivity (Wildman–Crippen MR) is 52.9 cm³/mol. The van der Waals surface area contributed by atoms with E-state index in [-0.39, 0.29) is 5.03 Å². The molecule has 16 heavy (non-hydrogen) atoms. The average Bonchev–Trinajstić information content (AvgIpc) is 2.60. The quantitative estimate of drug-likeness (QED) is 0.781. The standard InChI is InChI=1S/C8H4F3N3S2/c1-3-13-14-8(15-3)16-7-5(10)2-4(9)6(11)12-7/h2H,1H3. The third-order valence-corrected chi connectivity index (χ3v) is 3.42. The third kappa shape index (κ3) is 2.33. The van der Waals surface area contributed by atoms with Gasteiger partial charge in [0, 0.05) is 6.07 Å². The van der Waals surface area contributed by atoms with E-state index < -0.39 is 17.6 Å². The number of rotatable bonds is 2. The summed E-state index contributed by atoms with van der Waals surface area (Å²) < 4.78 is 39.0. The van der Waals surface area contributed by atoms with Crippen LogP contribution in [0.3, 0.4) is 0 Å². The van der Waals surface area contributed by atoms with Gasteiger partial charge in [0.25, 0.3) is 0 Å². The lowest BCUT2D eigenvalue weighted by atomic mass is 10.4. The van der Waals surface area contributed by atoms with Gasteiger partial charge in [-0.3, -0.25) is 0 Å². The number of aromatic nitrogens is 3. The fourth-order valence-corrected chi connectivity index (χ4v) is 2.61. The van der Waals surface area contributed by atoms with Gasteiger partial charge in [-0.15, -0.1) is 10.2 Å². The van der Waals surface area contributed by atoms with Gasteiger partial charge in [-0.25, -0.2) is 13.8 Å². The molecule has 0 saturated heterocycles. The van der Waals surface area contributed by atoms with Crippen molar-refractivity contribution in [1.82, 2.24) is 15.2 Å². The van der Waals surface area contributed by atoms with Crippen LogP contribution in [0.4, 0.5) is 13.2 Å².